The van der Waals surface area contributed by atoms with Crippen molar-refractivity contribution in [3.05, 3.63) is 0 Å². The number of amides is 1. The van der Waals surface area contributed by atoms with Crippen LogP contribution in [0.25, 0.3) is 0 Å². The summed E-state index contributed by atoms with van der Waals surface area (Å²) in [5, 5.41) is 5.82. The van der Waals surface area contributed by atoms with Crippen LogP contribution in [0.5, 0.6) is 0 Å². The van der Waals surface area contributed by atoms with E-state index in [1.807, 2.05) is 6.92 Å². The van der Waals surface area contributed by atoms with Crippen molar-refractivity contribution >= 4 is 11.9 Å². The lowest BCUT2D eigenvalue weighted by molar-refractivity contribution is -0.144. The molecule has 0 bridgehead atoms. The molecule has 0 aliphatic carbocycles. The van der Waals surface area contributed by atoms with E-state index in [1.54, 1.807) is 6.92 Å². The van der Waals surface area contributed by atoms with Gasteiger partial charge in [-0.1, -0.05) is 0 Å². The van der Waals surface area contributed by atoms with Crippen LogP contribution in [0.1, 0.15) is 26.7 Å². The summed E-state index contributed by atoms with van der Waals surface area (Å²) < 4.78 is 4.74. The second-order valence-electron chi connectivity index (χ2n) is 4.33. The zero-order valence-electron chi connectivity index (χ0n) is 9.97. The highest BCUT2D eigenvalue weighted by Gasteiger charge is 2.34. The molecule has 0 saturated carbocycles. The average Bonchev–Trinajstić information content (AvgIpc) is 2.27. The molecule has 1 amide bonds. The van der Waals surface area contributed by atoms with Crippen molar-refractivity contribution in [2.75, 3.05) is 26.2 Å². The highest BCUT2D eigenvalue weighted by Crippen LogP contribution is 2.25. The van der Waals surface area contributed by atoms with Crippen molar-refractivity contribution < 1.29 is 14.3 Å². The first-order valence-electron chi connectivity index (χ1n) is 5.73. The third kappa shape index (κ3) is 3.48. The number of nitrogens with one attached hydrogen (secondary N) is 2. The van der Waals surface area contributed by atoms with Gasteiger partial charge in [0.15, 0.2) is 0 Å². The second kappa shape index (κ2) is 5.84. The SMILES string of the molecule is CCOC(=O)CNC(=O)C1(C)CCCNC1. The molecule has 1 rings (SSSR count). The molecule has 1 atom stereocenters. The van der Waals surface area contributed by atoms with Gasteiger partial charge in [0.05, 0.1) is 12.0 Å². The van der Waals surface area contributed by atoms with E-state index >= 15 is 0 Å². The summed E-state index contributed by atoms with van der Waals surface area (Å²) in [6.07, 6.45) is 1.85. The Kier molecular flexibility index (Phi) is 4.73. The Labute approximate surface area is 95.9 Å². The van der Waals surface area contributed by atoms with E-state index < -0.39 is 5.41 Å². The molecule has 1 heterocycles. The van der Waals surface area contributed by atoms with Crippen molar-refractivity contribution in [2.24, 2.45) is 5.41 Å². The van der Waals surface area contributed by atoms with Crippen molar-refractivity contribution in [3.63, 3.8) is 0 Å². The summed E-state index contributed by atoms with van der Waals surface area (Å²) >= 11 is 0. The van der Waals surface area contributed by atoms with Gasteiger partial charge in [-0.2, -0.15) is 0 Å². The van der Waals surface area contributed by atoms with Gasteiger partial charge in [-0.3, -0.25) is 9.59 Å². The summed E-state index contributed by atoms with van der Waals surface area (Å²) in [5.74, 6) is -0.462. The first kappa shape index (κ1) is 13.0. The van der Waals surface area contributed by atoms with Crippen LogP contribution in [-0.2, 0) is 14.3 Å². The lowest BCUT2D eigenvalue weighted by Crippen LogP contribution is -2.49. The van der Waals surface area contributed by atoms with Crippen molar-refractivity contribution in [1.29, 1.82) is 0 Å². The summed E-state index contributed by atoms with van der Waals surface area (Å²) in [6, 6.07) is 0. The van der Waals surface area contributed by atoms with Crippen LogP contribution < -0.4 is 10.6 Å². The maximum Gasteiger partial charge on any atom is 0.325 e. The molecule has 16 heavy (non-hydrogen) atoms. The number of carbonyl (C=O) groups excluding carboxylic acids is 2. The molecule has 1 aliphatic heterocycles. The fourth-order valence-corrected chi connectivity index (χ4v) is 1.83. The van der Waals surface area contributed by atoms with Gasteiger partial charge in [0.25, 0.3) is 0 Å². The predicted octanol–water partition coefficient (Wildman–Crippen LogP) is 0.0554. The third-order valence-corrected chi connectivity index (χ3v) is 2.84. The second-order valence-corrected chi connectivity index (χ2v) is 4.33. The summed E-state index contributed by atoms with van der Waals surface area (Å²) in [4.78, 5) is 23.0. The molecule has 92 valence electrons. The van der Waals surface area contributed by atoms with Crippen LogP contribution in [0.2, 0.25) is 0 Å². The number of esters is 1. The van der Waals surface area contributed by atoms with Gasteiger partial charge >= 0.3 is 5.97 Å². The van der Waals surface area contributed by atoms with Gasteiger partial charge in [0.1, 0.15) is 6.54 Å². The molecule has 0 radical (unpaired) electrons. The zero-order chi connectivity index (χ0) is 12.0. The molecule has 0 spiro atoms. The van der Waals surface area contributed by atoms with Crippen LogP contribution in [0.15, 0.2) is 0 Å². The van der Waals surface area contributed by atoms with Gasteiger partial charge < -0.3 is 15.4 Å². The van der Waals surface area contributed by atoms with E-state index in [-0.39, 0.29) is 18.4 Å². The Hall–Kier alpha value is -1.10. The number of hydrogen-bond acceptors (Lipinski definition) is 4. The Morgan fingerprint density at radius 2 is 2.25 bits per heavy atom. The molecule has 5 nitrogen and oxygen atoms in total. The number of piperidine rings is 1. The largest absolute Gasteiger partial charge is 0.465 e. The lowest BCUT2D eigenvalue weighted by atomic mass is 9.82. The van der Waals surface area contributed by atoms with E-state index in [0.29, 0.717) is 13.2 Å². The standard InChI is InChI=1S/C11H20N2O3/c1-3-16-9(14)7-13-10(15)11(2)5-4-6-12-8-11/h12H,3-8H2,1-2H3,(H,13,15). The molecule has 0 aromatic heterocycles. The number of carbonyl (C=O) groups is 2. The first-order chi connectivity index (χ1) is 7.58. The van der Waals surface area contributed by atoms with E-state index in [4.69, 9.17) is 4.74 Å². The van der Waals surface area contributed by atoms with Crippen LogP contribution in [0.4, 0.5) is 0 Å². The van der Waals surface area contributed by atoms with Crippen LogP contribution in [-0.4, -0.2) is 38.1 Å². The minimum absolute atomic E-state index is 0.0394. The smallest absolute Gasteiger partial charge is 0.325 e. The van der Waals surface area contributed by atoms with E-state index in [0.717, 1.165) is 19.4 Å². The molecule has 0 aromatic rings. The van der Waals surface area contributed by atoms with E-state index in [2.05, 4.69) is 10.6 Å². The number of ether oxygens (including phenoxy) is 1. The maximum absolute atomic E-state index is 11.9. The van der Waals surface area contributed by atoms with Crippen molar-refractivity contribution in [3.8, 4) is 0 Å². The molecular formula is C11H20N2O3. The predicted molar refractivity (Wildman–Crippen MR) is 59.9 cm³/mol. The minimum Gasteiger partial charge on any atom is -0.465 e. The summed E-state index contributed by atoms with van der Waals surface area (Å²) in [6.45, 7) is 5.59. The van der Waals surface area contributed by atoms with Crippen molar-refractivity contribution in [1.82, 2.24) is 10.6 Å². The fourth-order valence-electron chi connectivity index (χ4n) is 1.83. The van der Waals surface area contributed by atoms with Crippen LogP contribution in [0.3, 0.4) is 0 Å². The molecule has 2 N–H and O–H groups in total. The van der Waals surface area contributed by atoms with Gasteiger partial charge in [-0.15, -0.1) is 0 Å². The number of hydrogen-bond donors (Lipinski definition) is 2. The van der Waals surface area contributed by atoms with Crippen LogP contribution >= 0.6 is 0 Å². The minimum atomic E-state index is -0.398. The Balaban J connectivity index is 2.36. The summed E-state index contributed by atoms with van der Waals surface area (Å²) in [7, 11) is 0. The molecule has 1 unspecified atom stereocenters. The van der Waals surface area contributed by atoms with Gasteiger partial charge in [-0.25, -0.2) is 0 Å². The van der Waals surface area contributed by atoms with Gasteiger partial charge in [0.2, 0.25) is 5.91 Å². The molecule has 5 heteroatoms. The molecular weight excluding hydrogens is 208 g/mol. The number of rotatable bonds is 4. The topological polar surface area (TPSA) is 67.4 Å². The van der Waals surface area contributed by atoms with E-state index in [1.165, 1.54) is 0 Å². The highest BCUT2D eigenvalue weighted by atomic mass is 16.5. The van der Waals surface area contributed by atoms with Crippen molar-refractivity contribution in [2.45, 2.75) is 26.7 Å². The quantitative estimate of drug-likeness (QED) is 0.667. The molecule has 1 saturated heterocycles. The fraction of sp³-hybridized carbons (Fsp3) is 0.818. The molecule has 1 aliphatic rings. The Morgan fingerprint density at radius 3 is 2.81 bits per heavy atom. The van der Waals surface area contributed by atoms with Gasteiger partial charge in [0, 0.05) is 6.54 Å². The molecule has 1 fully saturated rings. The lowest BCUT2D eigenvalue weighted by Gasteiger charge is -2.32. The third-order valence-electron chi connectivity index (χ3n) is 2.84. The highest BCUT2D eigenvalue weighted by molar-refractivity contribution is 5.86. The van der Waals surface area contributed by atoms with E-state index in [9.17, 15) is 9.59 Å². The normalized spacial score (nSPS) is 24.9. The summed E-state index contributed by atoms with van der Waals surface area (Å²) in [5.41, 5.74) is -0.398. The average molecular weight is 228 g/mol. The van der Waals surface area contributed by atoms with Gasteiger partial charge in [-0.05, 0) is 33.2 Å². The molecule has 0 aromatic carbocycles. The Bertz CT molecular complexity index is 260. The van der Waals surface area contributed by atoms with Crippen LogP contribution in [0, 0.1) is 5.41 Å². The first-order valence-corrected chi connectivity index (χ1v) is 5.73. The maximum atomic E-state index is 11.9. The monoisotopic (exact) mass is 228 g/mol. The zero-order valence-corrected chi connectivity index (χ0v) is 9.97. The Morgan fingerprint density at radius 1 is 1.50 bits per heavy atom.